The third-order valence-electron chi connectivity index (χ3n) is 7.92. The van der Waals surface area contributed by atoms with Crippen molar-refractivity contribution in [2.45, 2.75) is 45.4 Å². The quantitative estimate of drug-likeness (QED) is 0.306. The maximum Gasteiger partial charge on any atom is 0.303 e. The number of aliphatic carboxylic acids is 1. The topological polar surface area (TPSA) is 83.4 Å². The number of likely N-dealkylation sites (tertiary alicyclic amines) is 1. The molecule has 0 bridgehead atoms. The highest BCUT2D eigenvalue weighted by Gasteiger charge is 2.39. The minimum Gasteiger partial charge on any atom is -0.481 e. The summed E-state index contributed by atoms with van der Waals surface area (Å²) in [4.78, 5) is 36.1. The third-order valence-corrected chi connectivity index (χ3v) is 8.18. The van der Waals surface area contributed by atoms with Crippen molar-refractivity contribution in [1.82, 2.24) is 14.9 Å². The third kappa shape index (κ3) is 6.04. The SMILES string of the molecule is CC1(C2CCN(C(=O)c3ccc4nc(-c5ccc(Cl)cc5)c(CCCCC(=O)O)nc4c3)C2)C=CC(F)=CC1. The van der Waals surface area contributed by atoms with Crippen LogP contribution < -0.4 is 0 Å². The highest BCUT2D eigenvalue weighted by atomic mass is 35.5. The molecule has 2 atom stereocenters. The van der Waals surface area contributed by atoms with Crippen molar-refractivity contribution in [1.29, 1.82) is 0 Å². The molecule has 1 aromatic heterocycles. The first-order valence-electron chi connectivity index (χ1n) is 13.3. The fourth-order valence-electron chi connectivity index (χ4n) is 5.50. The van der Waals surface area contributed by atoms with E-state index in [1.165, 1.54) is 6.08 Å². The summed E-state index contributed by atoms with van der Waals surface area (Å²) in [6.07, 6.45) is 8.50. The molecule has 0 saturated carbocycles. The van der Waals surface area contributed by atoms with Gasteiger partial charge in [0.2, 0.25) is 0 Å². The van der Waals surface area contributed by atoms with Gasteiger partial charge in [0.05, 0.1) is 22.4 Å². The molecule has 6 nitrogen and oxygen atoms in total. The van der Waals surface area contributed by atoms with Crippen molar-refractivity contribution < 1.29 is 19.1 Å². The van der Waals surface area contributed by atoms with Crippen LogP contribution in [-0.2, 0) is 11.2 Å². The normalized spacial score (nSPS) is 20.8. The number of unbranched alkanes of at least 4 members (excludes halogenated alkanes) is 1. The lowest BCUT2D eigenvalue weighted by Gasteiger charge is -2.33. The number of hydrogen-bond acceptors (Lipinski definition) is 4. The van der Waals surface area contributed by atoms with Gasteiger partial charge in [0, 0.05) is 35.7 Å². The van der Waals surface area contributed by atoms with Gasteiger partial charge >= 0.3 is 5.97 Å². The molecule has 2 aromatic carbocycles. The van der Waals surface area contributed by atoms with Gasteiger partial charge in [-0.3, -0.25) is 9.59 Å². The van der Waals surface area contributed by atoms with Gasteiger partial charge in [-0.15, -0.1) is 0 Å². The lowest BCUT2D eigenvalue weighted by atomic mass is 9.72. The Hall–Kier alpha value is -3.58. The molecule has 39 heavy (non-hydrogen) atoms. The van der Waals surface area contributed by atoms with Crippen molar-refractivity contribution in [2.24, 2.45) is 11.3 Å². The average molecular weight is 548 g/mol. The van der Waals surface area contributed by atoms with Gasteiger partial charge < -0.3 is 10.0 Å². The molecule has 1 fully saturated rings. The highest BCUT2D eigenvalue weighted by molar-refractivity contribution is 6.30. The van der Waals surface area contributed by atoms with E-state index in [4.69, 9.17) is 26.7 Å². The number of rotatable bonds is 8. The predicted molar refractivity (Wildman–Crippen MR) is 150 cm³/mol. The van der Waals surface area contributed by atoms with E-state index < -0.39 is 5.97 Å². The number of halogens is 2. The van der Waals surface area contributed by atoms with Crippen LogP contribution in [0.1, 0.15) is 55.1 Å². The van der Waals surface area contributed by atoms with Gasteiger partial charge in [-0.05, 0) is 85.9 Å². The molecule has 1 aliphatic carbocycles. The Kier molecular flexibility index (Phi) is 7.80. The number of hydrogen-bond donors (Lipinski definition) is 1. The van der Waals surface area contributed by atoms with Gasteiger partial charge in [-0.25, -0.2) is 14.4 Å². The summed E-state index contributed by atoms with van der Waals surface area (Å²) in [5, 5.41) is 9.63. The molecule has 1 aliphatic heterocycles. The summed E-state index contributed by atoms with van der Waals surface area (Å²) in [5.74, 6) is -0.796. The summed E-state index contributed by atoms with van der Waals surface area (Å²) in [6.45, 7) is 3.42. The number of allylic oxidation sites excluding steroid dienone is 4. The Morgan fingerprint density at radius 3 is 2.64 bits per heavy atom. The number of nitrogens with zero attached hydrogens (tertiary/aromatic N) is 3. The minimum atomic E-state index is -0.818. The van der Waals surface area contributed by atoms with E-state index in [1.807, 2.05) is 29.2 Å². The number of aromatic nitrogens is 2. The van der Waals surface area contributed by atoms with Crippen LogP contribution in [0.2, 0.25) is 5.02 Å². The molecular formula is C31H31ClFN3O3. The first-order valence-corrected chi connectivity index (χ1v) is 13.7. The van der Waals surface area contributed by atoms with Gasteiger partial charge in [0.1, 0.15) is 5.83 Å². The molecule has 1 N–H and O–H groups in total. The average Bonchev–Trinajstić information content (AvgIpc) is 3.43. The van der Waals surface area contributed by atoms with Crippen molar-refractivity contribution >= 4 is 34.5 Å². The van der Waals surface area contributed by atoms with E-state index in [1.54, 1.807) is 30.3 Å². The Labute approximate surface area is 232 Å². The van der Waals surface area contributed by atoms with Crippen LogP contribution in [0.25, 0.3) is 22.3 Å². The van der Waals surface area contributed by atoms with Crippen LogP contribution >= 0.6 is 11.6 Å². The molecule has 3 aromatic rings. The largest absolute Gasteiger partial charge is 0.481 e. The van der Waals surface area contributed by atoms with Crippen LogP contribution in [0.3, 0.4) is 0 Å². The van der Waals surface area contributed by atoms with E-state index in [0.29, 0.717) is 60.4 Å². The van der Waals surface area contributed by atoms with E-state index in [-0.39, 0.29) is 29.5 Å². The monoisotopic (exact) mass is 547 g/mol. The molecule has 202 valence electrons. The molecule has 2 unspecified atom stereocenters. The first kappa shape index (κ1) is 27.0. The van der Waals surface area contributed by atoms with Crippen molar-refractivity contribution in [3.8, 4) is 11.3 Å². The van der Waals surface area contributed by atoms with Gasteiger partial charge in [-0.2, -0.15) is 0 Å². The first-order chi connectivity index (χ1) is 18.7. The molecule has 5 rings (SSSR count). The standard InChI is InChI=1S/C31H31ClFN3O3/c1-31(15-12-24(33)13-16-31)22-14-17-36(19-22)30(39)21-8-11-25-27(18-21)34-26(4-2-3-5-28(37)38)29(35-25)20-6-9-23(32)10-7-20/h6-13,15,18,22H,2-5,14,16-17,19H2,1H3,(H,37,38). The van der Waals surface area contributed by atoms with Gasteiger partial charge in [-0.1, -0.05) is 36.7 Å². The van der Waals surface area contributed by atoms with E-state index in [2.05, 4.69) is 6.92 Å². The number of benzene rings is 2. The van der Waals surface area contributed by atoms with Gasteiger partial charge in [0.15, 0.2) is 0 Å². The molecule has 1 saturated heterocycles. The number of carbonyl (C=O) groups excluding carboxylic acids is 1. The predicted octanol–water partition coefficient (Wildman–Crippen LogP) is 7.03. The highest BCUT2D eigenvalue weighted by Crippen LogP contribution is 2.42. The number of carbonyl (C=O) groups is 2. The maximum absolute atomic E-state index is 13.5. The Morgan fingerprint density at radius 1 is 1.13 bits per heavy atom. The van der Waals surface area contributed by atoms with Crippen LogP contribution in [0.5, 0.6) is 0 Å². The lowest BCUT2D eigenvalue weighted by Crippen LogP contribution is -2.33. The molecule has 0 radical (unpaired) electrons. The van der Waals surface area contributed by atoms with Crippen molar-refractivity contribution in [3.63, 3.8) is 0 Å². The summed E-state index contributed by atoms with van der Waals surface area (Å²) >= 11 is 6.09. The zero-order valence-electron chi connectivity index (χ0n) is 21.9. The van der Waals surface area contributed by atoms with Gasteiger partial charge in [0.25, 0.3) is 5.91 Å². The minimum absolute atomic E-state index is 0.0453. The molecule has 1 amide bonds. The number of carboxylic acids is 1. The second-order valence-electron chi connectivity index (χ2n) is 10.7. The summed E-state index contributed by atoms with van der Waals surface area (Å²) in [6, 6.07) is 12.8. The van der Waals surface area contributed by atoms with Crippen molar-refractivity contribution in [2.75, 3.05) is 13.1 Å². The van der Waals surface area contributed by atoms with Crippen LogP contribution in [0.4, 0.5) is 4.39 Å². The molecular weight excluding hydrogens is 517 g/mol. The second kappa shape index (κ2) is 11.3. The maximum atomic E-state index is 13.5. The smallest absolute Gasteiger partial charge is 0.303 e. The van der Waals surface area contributed by atoms with E-state index in [9.17, 15) is 14.0 Å². The van der Waals surface area contributed by atoms with Crippen molar-refractivity contribution in [3.05, 3.63) is 82.8 Å². The number of carboxylic acid groups (broad SMARTS) is 1. The number of amides is 1. The van der Waals surface area contributed by atoms with E-state index in [0.717, 1.165) is 23.4 Å². The fraction of sp³-hybridized carbons (Fsp3) is 0.355. The summed E-state index contributed by atoms with van der Waals surface area (Å²) in [5.41, 5.74) is 4.08. The number of fused-ring (bicyclic) bond motifs is 1. The zero-order chi connectivity index (χ0) is 27.6. The lowest BCUT2D eigenvalue weighted by molar-refractivity contribution is -0.137. The Bertz CT molecular complexity index is 1470. The molecule has 0 spiro atoms. The van der Waals surface area contributed by atoms with Crippen LogP contribution in [0, 0.1) is 11.3 Å². The molecule has 2 aliphatic rings. The van der Waals surface area contributed by atoms with Crippen LogP contribution in [0.15, 0.2) is 66.5 Å². The molecule has 8 heteroatoms. The zero-order valence-corrected chi connectivity index (χ0v) is 22.6. The summed E-state index contributed by atoms with van der Waals surface area (Å²) in [7, 11) is 0. The summed E-state index contributed by atoms with van der Waals surface area (Å²) < 4.78 is 13.5. The Balaban J connectivity index is 1.39. The fourth-order valence-corrected chi connectivity index (χ4v) is 5.62. The Morgan fingerprint density at radius 2 is 1.92 bits per heavy atom. The molecule has 2 heterocycles. The van der Waals surface area contributed by atoms with E-state index >= 15 is 0 Å². The number of aryl methyl sites for hydroxylation is 1. The van der Waals surface area contributed by atoms with Crippen LogP contribution in [-0.4, -0.2) is 44.9 Å². The second-order valence-corrected chi connectivity index (χ2v) is 11.1.